The second kappa shape index (κ2) is 7.97. The first kappa shape index (κ1) is 15.8. The van der Waals surface area contributed by atoms with Crippen LogP contribution in [0.15, 0.2) is 30.3 Å². The van der Waals surface area contributed by atoms with Crippen LogP contribution >= 0.6 is 11.5 Å². The van der Waals surface area contributed by atoms with Crippen LogP contribution in [0.2, 0.25) is 0 Å². The SMILES string of the molecule is CN(C)CCOCCNc1snc(N)c1-c1ccccc1. The topological polar surface area (TPSA) is 63.4 Å². The van der Waals surface area contributed by atoms with E-state index in [1.54, 1.807) is 0 Å². The molecule has 21 heavy (non-hydrogen) atoms. The van der Waals surface area contributed by atoms with Gasteiger partial charge < -0.3 is 20.7 Å². The average Bonchev–Trinajstić information content (AvgIpc) is 2.84. The maximum atomic E-state index is 5.98. The number of nitrogen functional groups attached to an aromatic ring is 1. The van der Waals surface area contributed by atoms with E-state index in [0.717, 1.165) is 35.8 Å². The van der Waals surface area contributed by atoms with Crippen molar-refractivity contribution in [1.29, 1.82) is 0 Å². The number of ether oxygens (including phenoxy) is 1. The van der Waals surface area contributed by atoms with Crippen LogP contribution < -0.4 is 11.1 Å². The highest BCUT2D eigenvalue weighted by atomic mass is 32.1. The lowest BCUT2D eigenvalue weighted by molar-refractivity contribution is 0.126. The number of aromatic nitrogens is 1. The number of benzene rings is 1. The van der Waals surface area contributed by atoms with E-state index in [9.17, 15) is 0 Å². The Hall–Kier alpha value is -1.63. The maximum Gasteiger partial charge on any atom is 0.147 e. The molecule has 2 rings (SSSR count). The van der Waals surface area contributed by atoms with Crippen molar-refractivity contribution < 1.29 is 4.74 Å². The molecule has 2 aromatic rings. The Morgan fingerprint density at radius 1 is 1.24 bits per heavy atom. The first-order valence-corrected chi connectivity index (χ1v) is 7.72. The normalized spacial score (nSPS) is 11.0. The van der Waals surface area contributed by atoms with Crippen LogP contribution in [0.25, 0.3) is 11.1 Å². The van der Waals surface area contributed by atoms with E-state index in [1.165, 1.54) is 11.5 Å². The molecule has 0 fully saturated rings. The van der Waals surface area contributed by atoms with Crippen LogP contribution in [-0.2, 0) is 4.74 Å². The molecular weight excluding hydrogens is 284 g/mol. The van der Waals surface area contributed by atoms with E-state index in [-0.39, 0.29) is 0 Å². The quantitative estimate of drug-likeness (QED) is 0.733. The molecule has 0 aliphatic rings. The standard InChI is InChI=1S/C15H22N4OS/c1-19(2)9-11-20-10-8-17-15-13(14(16)18-21-15)12-6-4-3-5-7-12/h3-7,17H,8-11H2,1-2H3,(H2,16,18). The summed E-state index contributed by atoms with van der Waals surface area (Å²) in [5, 5.41) is 4.35. The van der Waals surface area contributed by atoms with Crippen molar-refractivity contribution in [1.82, 2.24) is 9.27 Å². The first-order chi connectivity index (χ1) is 10.2. The number of likely N-dealkylation sites (N-methyl/N-ethyl adjacent to an activating group) is 1. The van der Waals surface area contributed by atoms with Crippen LogP contribution in [-0.4, -0.2) is 49.7 Å². The fourth-order valence-electron chi connectivity index (χ4n) is 1.89. The Labute approximate surface area is 129 Å². The van der Waals surface area contributed by atoms with Crippen molar-refractivity contribution in [3.63, 3.8) is 0 Å². The highest BCUT2D eigenvalue weighted by Gasteiger charge is 2.12. The third kappa shape index (κ3) is 4.70. The van der Waals surface area contributed by atoms with Gasteiger partial charge in [0, 0.05) is 13.1 Å². The molecule has 0 spiro atoms. The Morgan fingerprint density at radius 2 is 2.00 bits per heavy atom. The van der Waals surface area contributed by atoms with Crippen molar-refractivity contribution in [2.24, 2.45) is 0 Å². The van der Waals surface area contributed by atoms with Gasteiger partial charge in [0.2, 0.25) is 0 Å². The van der Waals surface area contributed by atoms with Gasteiger partial charge in [-0.25, -0.2) is 0 Å². The second-order valence-corrected chi connectivity index (χ2v) is 5.75. The van der Waals surface area contributed by atoms with Gasteiger partial charge in [-0.3, -0.25) is 0 Å². The fourth-order valence-corrected chi connectivity index (χ4v) is 2.65. The molecule has 5 nitrogen and oxygen atoms in total. The second-order valence-electron chi connectivity index (χ2n) is 4.98. The largest absolute Gasteiger partial charge is 0.382 e. The number of rotatable bonds is 8. The maximum absolute atomic E-state index is 5.98. The summed E-state index contributed by atoms with van der Waals surface area (Å²) in [5.74, 6) is 0.572. The number of nitrogens with one attached hydrogen (secondary N) is 1. The van der Waals surface area contributed by atoms with Gasteiger partial charge in [0.15, 0.2) is 0 Å². The minimum Gasteiger partial charge on any atom is -0.382 e. The molecule has 0 radical (unpaired) electrons. The smallest absolute Gasteiger partial charge is 0.147 e. The van der Waals surface area contributed by atoms with Crippen molar-refractivity contribution in [2.75, 3.05) is 51.4 Å². The molecule has 0 unspecified atom stereocenters. The average molecular weight is 306 g/mol. The van der Waals surface area contributed by atoms with Gasteiger partial charge in [-0.05, 0) is 31.2 Å². The number of anilines is 2. The Bertz CT molecular complexity index is 542. The van der Waals surface area contributed by atoms with E-state index < -0.39 is 0 Å². The number of hydrogen-bond acceptors (Lipinski definition) is 6. The third-order valence-corrected chi connectivity index (χ3v) is 3.81. The highest BCUT2D eigenvalue weighted by molar-refractivity contribution is 7.11. The van der Waals surface area contributed by atoms with Gasteiger partial charge in [-0.1, -0.05) is 30.3 Å². The molecule has 1 aromatic heterocycles. The van der Waals surface area contributed by atoms with Gasteiger partial charge in [0.1, 0.15) is 10.8 Å². The van der Waals surface area contributed by atoms with Crippen LogP contribution in [0.1, 0.15) is 0 Å². The zero-order valence-corrected chi connectivity index (χ0v) is 13.3. The molecule has 0 bridgehead atoms. The predicted molar refractivity (Wildman–Crippen MR) is 89.8 cm³/mol. The number of nitrogens with two attached hydrogens (primary N) is 1. The van der Waals surface area contributed by atoms with Crippen LogP contribution in [0.3, 0.4) is 0 Å². The van der Waals surface area contributed by atoms with E-state index in [2.05, 4.69) is 14.6 Å². The number of nitrogens with zero attached hydrogens (tertiary/aromatic N) is 2. The van der Waals surface area contributed by atoms with Crippen molar-refractivity contribution in [3.05, 3.63) is 30.3 Å². The van der Waals surface area contributed by atoms with Gasteiger partial charge in [-0.15, -0.1) is 0 Å². The summed E-state index contributed by atoms with van der Waals surface area (Å²) >= 11 is 1.39. The summed E-state index contributed by atoms with van der Waals surface area (Å²) in [5.41, 5.74) is 8.04. The molecule has 1 heterocycles. The minimum absolute atomic E-state index is 0.572. The molecular formula is C15H22N4OS. The molecule has 0 atom stereocenters. The van der Waals surface area contributed by atoms with Crippen molar-refractivity contribution in [2.45, 2.75) is 0 Å². The zero-order valence-electron chi connectivity index (χ0n) is 12.5. The van der Waals surface area contributed by atoms with Crippen LogP contribution in [0.4, 0.5) is 10.8 Å². The molecule has 3 N–H and O–H groups in total. The molecule has 0 aliphatic heterocycles. The molecule has 114 valence electrons. The van der Waals surface area contributed by atoms with Gasteiger partial charge in [0.25, 0.3) is 0 Å². The molecule has 1 aromatic carbocycles. The Kier molecular flexibility index (Phi) is 5.98. The summed E-state index contributed by atoms with van der Waals surface area (Å²) in [6, 6.07) is 10.1. The van der Waals surface area contributed by atoms with E-state index >= 15 is 0 Å². The fraction of sp³-hybridized carbons (Fsp3) is 0.400. The summed E-state index contributed by atoms with van der Waals surface area (Å²) in [4.78, 5) is 2.10. The lowest BCUT2D eigenvalue weighted by atomic mass is 10.1. The Morgan fingerprint density at radius 3 is 2.71 bits per heavy atom. The summed E-state index contributed by atoms with van der Waals surface area (Å²) in [6.45, 7) is 3.09. The van der Waals surface area contributed by atoms with E-state index in [0.29, 0.717) is 12.4 Å². The Balaban J connectivity index is 1.87. The zero-order chi connectivity index (χ0) is 15.1. The summed E-state index contributed by atoms with van der Waals surface area (Å²) < 4.78 is 9.81. The molecule has 6 heteroatoms. The van der Waals surface area contributed by atoms with Gasteiger partial charge >= 0.3 is 0 Å². The third-order valence-electron chi connectivity index (χ3n) is 3.00. The molecule has 0 amide bonds. The molecule has 0 saturated carbocycles. The van der Waals surface area contributed by atoms with Crippen LogP contribution in [0.5, 0.6) is 0 Å². The summed E-state index contributed by atoms with van der Waals surface area (Å²) in [7, 11) is 4.07. The monoisotopic (exact) mass is 306 g/mol. The lowest BCUT2D eigenvalue weighted by Crippen LogP contribution is -2.19. The lowest BCUT2D eigenvalue weighted by Gasteiger charge is -2.11. The van der Waals surface area contributed by atoms with E-state index in [1.807, 2.05) is 44.4 Å². The minimum atomic E-state index is 0.572. The highest BCUT2D eigenvalue weighted by Crippen LogP contribution is 2.36. The van der Waals surface area contributed by atoms with Gasteiger partial charge in [-0.2, -0.15) is 4.37 Å². The first-order valence-electron chi connectivity index (χ1n) is 6.95. The van der Waals surface area contributed by atoms with E-state index in [4.69, 9.17) is 10.5 Å². The molecule has 0 saturated heterocycles. The number of hydrogen-bond donors (Lipinski definition) is 2. The van der Waals surface area contributed by atoms with Gasteiger partial charge in [0.05, 0.1) is 18.8 Å². The predicted octanol–water partition coefficient (Wildman–Crippen LogP) is 2.38. The van der Waals surface area contributed by atoms with Crippen LogP contribution in [0, 0.1) is 0 Å². The summed E-state index contributed by atoms with van der Waals surface area (Å²) in [6.07, 6.45) is 0. The van der Waals surface area contributed by atoms with Crippen molar-refractivity contribution in [3.8, 4) is 11.1 Å². The molecule has 0 aliphatic carbocycles. The van der Waals surface area contributed by atoms with Crippen molar-refractivity contribution >= 4 is 22.4 Å².